The summed E-state index contributed by atoms with van der Waals surface area (Å²) in [7, 11) is 0. The van der Waals surface area contributed by atoms with Crippen LogP contribution < -0.4 is 4.74 Å². The minimum Gasteiger partial charge on any atom is -0.494 e. The Morgan fingerprint density at radius 3 is 1.92 bits per heavy atom. The van der Waals surface area contributed by atoms with Crippen molar-refractivity contribution in [1.29, 1.82) is 0 Å². The molecule has 4 aromatic carbocycles. The van der Waals surface area contributed by atoms with E-state index in [1.807, 2.05) is 0 Å². The molecule has 0 spiro atoms. The van der Waals surface area contributed by atoms with E-state index in [-0.39, 0.29) is 11.3 Å². The summed E-state index contributed by atoms with van der Waals surface area (Å²) in [6.07, 6.45) is 2.00. The van der Waals surface area contributed by atoms with Crippen LogP contribution in [0.2, 0.25) is 0 Å². The maximum Gasteiger partial charge on any atom is 0.121 e. The highest BCUT2D eigenvalue weighted by Gasteiger charge is 2.23. The van der Waals surface area contributed by atoms with Gasteiger partial charge in [-0.1, -0.05) is 106 Å². The highest BCUT2D eigenvalue weighted by Crippen LogP contribution is 2.33. The number of aryl methyl sites for hydroxylation is 1. The number of nitrogens with zero attached hydrogens (tertiary/aromatic N) is 2. The molecule has 5 aromatic rings. The van der Waals surface area contributed by atoms with Crippen molar-refractivity contribution in [2.75, 3.05) is 6.61 Å². The summed E-state index contributed by atoms with van der Waals surface area (Å²) >= 11 is 0. The molecule has 3 heteroatoms. The molecule has 37 heavy (non-hydrogen) atoms. The van der Waals surface area contributed by atoms with E-state index in [0.717, 1.165) is 36.5 Å². The molecule has 0 atom stereocenters. The molecule has 0 radical (unpaired) electrons. The summed E-state index contributed by atoms with van der Waals surface area (Å²) in [6.45, 7) is 8.31. The van der Waals surface area contributed by atoms with Crippen LogP contribution >= 0.6 is 0 Å². The van der Waals surface area contributed by atoms with Crippen molar-refractivity contribution < 1.29 is 4.74 Å². The third kappa shape index (κ3) is 5.77. The fourth-order valence-corrected chi connectivity index (χ4v) is 4.94. The van der Waals surface area contributed by atoms with E-state index in [2.05, 4.69) is 135 Å². The van der Waals surface area contributed by atoms with E-state index >= 15 is 0 Å². The van der Waals surface area contributed by atoms with Crippen molar-refractivity contribution in [2.24, 2.45) is 0 Å². The number of hydrogen-bond acceptors (Lipinski definition) is 2. The number of imidazole rings is 1. The molecular formula is C34H36N2O. The smallest absolute Gasteiger partial charge is 0.121 e. The van der Waals surface area contributed by atoms with Crippen molar-refractivity contribution in [1.82, 2.24) is 9.55 Å². The molecule has 0 unspecified atom stereocenters. The lowest BCUT2D eigenvalue weighted by Crippen LogP contribution is -2.13. The van der Waals surface area contributed by atoms with Gasteiger partial charge in [-0.25, -0.2) is 4.98 Å². The lowest BCUT2D eigenvalue weighted by molar-refractivity contribution is 0.303. The van der Waals surface area contributed by atoms with Crippen molar-refractivity contribution in [3.8, 4) is 5.75 Å². The third-order valence-electron chi connectivity index (χ3n) is 6.97. The van der Waals surface area contributed by atoms with Gasteiger partial charge in [0.25, 0.3) is 0 Å². The number of hydrogen-bond donors (Lipinski definition) is 0. The SMILES string of the molecule is CC(C)(C)c1ccc(OCCCCn2c(C(c3ccccc3)c3ccccc3)nc3ccccc32)cc1. The van der Waals surface area contributed by atoms with Gasteiger partial charge in [0.05, 0.1) is 23.6 Å². The molecule has 1 heterocycles. The molecule has 0 saturated carbocycles. The maximum atomic E-state index is 6.07. The van der Waals surface area contributed by atoms with Crippen LogP contribution in [0.25, 0.3) is 11.0 Å². The average molecular weight is 489 g/mol. The molecule has 0 fully saturated rings. The Bertz CT molecular complexity index is 1370. The van der Waals surface area contributed by atoms with Gasteiger partial charge in [-0.05, 0) is 59.2 Å². The Kier molecular flexibility index (Phi) is 7.41. The molecule has 0 aliphatic heterocycles. The first kappa shape index (κ1) is 24.8. The van der Waals surface area contributed by atoms with Gasteiger partial charge in [0.2, 0.25) is 0 Å². The van der Waals surface area contributed by atoms with Gasteiger partial charge in [-0.15, -0.1) is 0 Å². The molecular weight excluding hydrogens is 452 g/mol. The highest BCUT2D eigenvalue weighted by molar-refractivity contribution is 5.76. The van der Waals surface area contributed by atoms with Gasteiger partial charge in [-0.3, -0.25) is 0 Å². The summed E-state index contributed by atoms with van der Waals surface area (Å²) in [6, 6.07) is 38.4. The van der Waals surface area contributed by atoms with E-state index in [1.165, 1.54) is 22.2 Å². The molecule has 1 aromatic heterocycles. The number of fused-ring (bicyclic) bond motifs is 1. The van der Waals surface area contributed by atoms with Crippen molar-refractivity contribution >= 4 is 11.0 Å². The number of para-hydroxylation sites is 2. The second kappa shape index (κ2) is 11.0. The second-order valence-corrected chi connectivity index (χ2v) is 10.7. The minimum atomic E-state index is 0.0763. The van der Waals surface area contributed by atoms with E-state index in [9.17, 15) is 0 Å². The van der Waals surface area contributed by atoms with Gasteiger partial charge >= 0.3 is 0 Å². The first-order chi connectivity index (χ1) is 18.0. The predicted octanol–water partition coefficient (Wildman–Crippen LogP) is 8.37. The summed E-state index contributed by atoms with van der Waals surface area (Å²) < 4.78 is 8.49. The van der Waals surface area contributed by atoms with Crippen molar-refractivity contribution in [3.05, 3.63) is 132 Å². The van der Waals surface area contributed by atoms with E-state index < -0.39 is 0 Å². The Morgan fingerprint density at radius 2 is 1.30 bits per heavy atom. The van der Waals surface area contributed by atoms with E-state index in [1.54, 1.807) is 0 Å². The number of benzene rings is 4. The number of aromatic nitrogens is 2. The first-order valence-corrected chi connectivity index (χ1v) is 13.3. The zero-order valence-electron chi connectivity index (χ0n) is 22.1. The topological polar surface area (TPSA) is 27.1 Å². The summed E-state index contributed by atoms with van der Waals surface area (Å²) in [5.74, 6) is 2.11. The largest absolute Gasteiger partial charge is 0.494 e. The standard InChI is InChI=1S/C34H36N2O/c1-34(2,3)28-20-22-29(23-21-28)37-25-13-12-24-36-31-19-11-10-18-30(31)35-33(36)32(26-14-6-4-7-15-26)27-16-8-5-9-17-27/h4-11,14-23,32H,12-13,24-25H2,1-3H3. The zero-order valence-corrected chi connectivity index (χ0v) is 22.1. The molecule has 0 amide bonds. The number of unbranched alkanes of at least 4 members (excludes halogenated alkanes) is 1. The fraction of sp³-hybridized carbons (Fsp3) is 0.265. The van der Waals surface area contributed by atoms with Crippen LogP contribution in [0.4, 0.5) is 0 Å². The van der Waals surface area contributed by atoms with Gasteiger partial charge in [-0.2, -0.15) is 0 Å². The van der Waals surface area contributed by atoms with Gasteiger partial charge in [0.15, 0.2) is 0 Å². The van der Waals surface area contributed by atoms with Crippen LogP contribution in [0.1, 0.15) is 62.0 Å². The van der Waals surface area contributed by atoms with E-state index in [0.29, 0.717) is 6.61 Å². The Labute approximate surface area is 220 Å². The third-order valence-corrected chi connectivity index (χ3v) is 6.97. The molecule has 188 valence electrons. The molecule has 5 rings (SSSR count). The monoisotopic (exact) mass is 488 g/mol. The quantitative estimate of drug-likeness (QED) is 0.195. The van der Waals surface area contributed by atoms with E-state index in [4.69, 9.17) is 9.72 Å². The van der Waals surface area contributed by atoms with Crippen molar-refractivity contribution in [2.45, 2.75) is 51.5 Å². The Morgan fingerprint density at radius 1 is 0.703 bits per heavy atom. The normalized spacial score (nSPS) is 11.8. The maximum absolute atomic E-state index is 6.07. The number of ether oxygens (including phenoxy) is 1. The molecule has 0 N–H and O–H groups in total. The molecule has 0 aliphatic rings. The summed E-state index contributed by atoms with van der Waals surface area (Å²) in [5.41, 5.74) is 6.23. The predicted molar refractivity (Wildman–Crippen MR) is 153 cm³/mol. The van der Waals surface area contributed by atoms with Crippen LogP contribution in [0.5, 0.6) is 5.75 Å². The van der Waals surface area contributed by atoms with Crippen LogP contribution in [-0.4, -0.2) is 16.2 Å². The molecule has 0 saturated heterocycles. The summed E-state index contributed by atoms with van der Waals surface area (Å²) in [5, 5.41) is 0. The van der Waals surface area contributed by atoms with Crippen molar-refractivity contribution in [3.63, 3.8) is 0 Å². The first-order valence-electron chi connectivity index (χ1n) is 13.3. The van der Waals surface area contributed by atoms with Crippen LogP contribution in [0.15, 0.2) is 109 Å². The number of rotatable bonds is 9. The minimum absolute atomic E-state index is 0.0763. The lowest BCUT2D eigenvalue weighted by Gasteiger charge is -2.20. The van der Waals surface area contributed by atoms with Crippen LogP contribution in [0, 0.1) is 0 Å². The molecule has 0 aliphatic carbocycles. The van der Waals surface area contributed by atoms with Crippen LogP contribution in [0.3, 0.4) is 0 Å². The summed E-state index contributed by atoms with van der Waals surface area (Å²) in [4.78, 5) is 5.17. The Hall–Kier alpha value is -3.85. The lowest BCUT2D eigenvalue weighted by atomic mass is 9.87. The van der Waals surface area contributed by atoms with Gasteiger partial charge in [0, 0.05) is 6.54 Å². The average Bonchev–Trinajstić information content (AvgIpc) is 3.27. The van der Waals surface area contributed by atoms with Crippen LogP contribution in [-0.2, 0) is 12.0 Å². The zero-order chi connectivity index (χ0) is 25.7. The van der Waals surface area contributed by atoms with Gasteiger partial charge in [0.1, 0.15) is 11.6 Å². The van der Waals surface area contributed by atoms with Gasteiger partial charge < -0.3 is 9.30 Å². The Balaban J connectivity index is 1.35. The molecule has 3 nitrogen and oxygen atoms in total. The second-order valence-electron chi connectivity index (χ2n) is 10.7. The molecule has 0 bridgehead atoms. The highest BCUT2D eigenvalue weighted by atomic mass is 16.5. The fourth-order valence-electron chi connectivity index (χ4n) is 4.94.